The van der Waals surface area contributed by atoms with E-state index in [1.807, 2.05) is 34.6 Å². The first kappa shape index (κ1) is 36.6. The molecule has 0 rings (SSSR count). The van der Waals surface area contributed by atoms with Gasteiger partial charge in [-0.2, -0.15) is 0 Å². The molecule has 0 aromatic heterocycles. The summed E-state index contributed by atoms with van der Waals surface area (Å²) in [6.45, 7) is 30.2. The standard InChI is InChI=1S/C8H19N.C7H17N.C5H10.2C2H6/c1-4-5-6-9-7-8(2)3;1-4-6-8(3)7-5-2;1-4-5(2)3;2*1-2/h8-9H,4-7H2,1-3H3;4-7H2,1-3H3;4H,1-3H3;2*1-2H3. The first-order valence-electron chi connectivity index (χ1n) is 11.3. The van der Waals surface area contributed by atoms with Gasteiger partial charge in [0.15, 0.2) is 0 Å². The lowest BCUT2D eigenvalue weighted by Crippen LogP contribution is -2.20. The fourth-order valence-electron chi connectivity index (χ4n) is 1.57. The zero-order chi connectivity index (χ0) is 21.8. The molecule has 0 atom stereocenters. The summed E-state index contributed by atoms with van der Waals surface area (Å²) in [7, 11) is 2.17. The summed E-state index contributed by atoms with van der Waals surface area (Å²) in [6, 6.07) is 0. The van der Waals surface area contributed by atoms with Crippen molar-refractivity contribution in [2.45, 2.75) is 109 Å². The van der Waals surface area contributed by atoms with E-state index in [-0.39, 0.29) is 0 Å². The molecule has 0 aliphatic carbocycles. The van der Waals surface area contributed by atoms with Crippen molar-refractivity contribution in [1.29, 1.82) is 0 Å². The molecule has 0 bridgehead atoms. The van der Waals surface area contributed by atoms with Crippen LogP contribution in [0.15, 0.2) is 11.6 Å². The van der Waals surface area contributed by atoms with Gasteiger partial charge in [0.1, 0.15) is 0 Å². The van der Waals surface area contributed by atoms with Gasteiger partial charge < -0.3 is 10.2 Å². The summed E-state index contributed by atoms with van der Waals surface area (Å²) in [6.07, 6.45) is 7.24. The Morgan fingerprint density at radius 3 is 1.50 bits per heavy atom. The molecule has 2 heteroatoms. The van der Waals surface area contributed by atoms with Crippen LogP contribution in [0.2, 0.25) is 0 Å². The predicted molar refractivity (Wildman–Crippen MR) is 128 cm³/mol. The summed E-state index contributed by atoms with van der Waals surface area (Å²) < 4.78 is 0. The average molecular weight is 375 g/mol. The summed E-state index contributed by atoms with van der Waals surface area (Å²) in [4.78, 5) is 2.36. The molecular formula is C24H58N2. The number of unbranched alkanes of at least 4 members (excludes halogenated alkanes) is 1. The zero-order valence-corrected chi connectivity index (χ0v) is 21.3. The van der Waals surface area contributed by atoms with E-state index in [0.717, 1.165) is 5.92 Å². The van der Waals surface area contributed by atoms with Crippen molar-refractivity contribution < 1.29 is 0 Å². The molecule has 0 aromatic rings. The van der Waals surface area contributed by atoms with Gasteiger partial charge in [-0.25, -0.2) is 0 Å². The van der Waals surface area contributed by atoms with Gasteiger partial charge in [-0.1, -0.05) is 80.4 Å². The van der Waals surface area contributed by atoms with Crippen LogP contribution in [0.25, 0.3) is 0 Å². The Morgan fingerprint density at radius 2 is 1.27 bits per heavy atom. The highest BCUT2D eigenvalue weighted by Crippen LogP contribution is 1.88. The van der Waals surface area contributed by atoms with Crippen molar-refractivity contribution in [3.63, 3.8) is 0 Å². The van der Waals surface area contributed by atoms with E-state index in [2.05, 4.69) is 71.8 Å². The second kappa shape index (κ2) is 39.6. The van der Waals surface area contributed by atoms with Gasteiger partial charge in [0, 0.05) is 0 Å². The van der Waals surface area contributed by atoms with Crippen LogP contribution in [0.3, 0.4) is 0 Å². The van der Waals surface area contributed by atoms with E-state index < -0.39 is 0 Å². The minimum Gasteiger partial charge on any atom is -0.316 e. The van der Waals surface area contributed by atoms with E-state index in [4.69, 9.17) is 0 Å². The fraction of sp³-hybridized carbons (Fsp3) is 0.917. The molecule has 0 saturated heterocycles. The molecule has 0 saturated carbocycles. The lowest BCUT2D eigenvalue weighted by Gasteiger charge is -2.12. The van der Waals surface area contributed by atoms with Crippen LogP contribution in [-0.2, 0) is 0 Å². The summed E-state index contributed by atoms with van der Waals surface area (Å²) in [5, 5.41) is 3.39. The number of nitrogens with zero attached hydrogens (tertiary/aromatic N) is 1. The highest BCUT2D eigenvalue weighted by atomic mass is 15.1. The number of allylic oxidation sites excluding steroid dienone is 2. The van der Waals surface area contributed by atoms with Gasteiger partial charge in [-0.15, -0.1) is 0 Å². The zero-order valence-electron chi connectivity index (χ0n) is 21.3. The first-order valence-corrected chi connectivity index (χ1v) is 11.3. The van der Waals surface area contributed by atoms with Crippen LogP contribution in [-0.4, -0.2) is 38.1 Å². The van der Waals surface area contributed by atoms with E-state index in [1.165, 1.54) is 57.4 Å². The quantitative estimate of drug-likeness (QED) is 0.327. The molecule has 1 N–H and O–H groups in total. The van der Waals surface area contributed by atoms with Gasteiger partial charge in [0.25, 0.3) is 0 Å². The SMILES string of the molecule is CC.CC.CC=C(C)C.CCCCNCC(C)C.CCCN(C)CCC. The molecular weight excluding hydrogens is 316 g/mol. The largest absolute Gasteiger partial charge is 0.316 e. The van der Waals surface area contributed by atoms with Gasteiger partial charge in [0.2, 0.25) is 0 Å². The Morgan fingerprint density at radius 1 is 0.885 bits per heavy atom. The van der Waals surface area contributed by atoms with Crippen LogP contribution < -0.4 is 5.32 Å². The van der Waals surface area contributed by atoms with E-state index in [9.17, 15) is 0 Å². The lowest BCUT2D eigenvalue weighted by molar-refractivity contribution is 0.335. The second-order valence-corrected chi connectivity index (χ2v) is 6.62. The van der Waals surface area contributed by atoms with Crippen molar-refractivity contribution in [2.24, 2.45) is 5.92 Å². The smallest absolute Gasteiger partial charge is 0.00244 e. The molecule has 0 amide bonds. The molecule has 0 fully saturated rings. The maximum absolute atomic E-state index is 3.39. The lowest BCUT2D eigenvalue weighted by atomic mass is 10.2. The van der Waals surface area contributed by atoms with Gasteiger partial charge in [-0.05, 0) is 79.2 Å². The molecule has 0 aromatic carbocycles. The number of hydrogen-bond acceptors (Lipinski definition) is 2. The van der Waals surface area contributed by atoms with Crippen LogP contribution >= 0.6 is 0 Å². The van der Waals surface area contributed by atoms with Crippen LogP contribution in [0.5, 0.6) is 0 Å². The predicted octanol–water partition coefficient (Wildman–Crippen LogP) is 7.80. The third kappa shape index (κ3) is 65.1. The van der Waals surface area contributed by atoms with Gasteiger partial charge in [0.05, 0.1) is 0 Å². The highest BCUT2D eigenvalue weighted by molar-refractivity contribution is 4.88. The Bertz CT molecular complexity index is 200. The highest BCUT2D eigenvalue weighted by Gasteiger charge is 1.90. The molecule has 164 valence electrons. The van der Waals surface area contributed by atoms with Gasteiger partial charge >= 0.3 is 0 Å². The number of nitrogens with one attached hydrogen (secondary N) is 1. The minimum absolute atomic E-state index is 0.793. The van der Waals surface area contributed by atoms with Crippen LogP contribution in [0.4, 0.5) is 0 Å². The summed E-state index contributed by atoms with van der Waals surface area (Å²) in [5.41, 5.74) is 1.38. The normalized spacial score (nSPS) is 8.73. The van der Waals surface area contributed by atoms with Crippen LogP contribution in [0.1, 0.15) is 109 Å². The maximum atomic E-state index is 3.39. The Balaban J connectivity index is -0.0000000793. The topological polar surface area (TPSA) is 15.3 Å². The Kier molecular flexibility index (Phi) is 55.7. The molecule has 0 radical (unpaired) electrons. The van der Waals surface area contributed by atoms with Crippen molar-refractivity contribution in [3.8, 4) is 0 Å². The minimum atomic E-state index is 0.793. The molecule has 0 unspecified atom stereocenters. The van der Waals surface area contributed by atoms with Crippen molar-refractivity contribution in [3.05, 3.63) is 11.6 Å². The molecule has 26 heavy (non-hydrogen) atoms. The summed E-state index contributed by atoms with van der Waals surface area (Å²) in [5.74, 6) is 0.793. The maximum Gasteiger partial charge on any atom is -0.00244 e. The third-order valence-electron chi connectivity index (χ3n) is 3.05. The Hall–Kier alpha value is -0.340. The van der Waals surface area contributed by atoms with Crippen molar-refractivity contribution >= 4 is 0 Å². The van der Waals surface area contributed by atoms with E-state index in [1.54, 1.807) is 0 Å². The fourth-order valence-corrected chi connectivity index (χ4v) is 1.57. The number of hydrogen-bond donors (Lipinski definition) is 1. The first-order chi connectivity index (χ1) is 12.3. The molecule has 0 aliphatic rings. The molecule has 0 spiro atoms. The summed E-state index contributed by atoms with van der Waals surface area (Å²) >= 11 is 0. The molecule has 0 aliphatic heterocycles. The molecule has 0 heterocycles. The monoisotopic (exact) mass is 374 g/mol. The van der Waals surface area contributed by atoms with Crippen molar-refractivity contribution in [2.75, 3.05) is 33.2 Å². The Labute approximate surface area is 170 Å². The second-order valence-electron chi connectivity index (χ2n) is 6.62. The number of rotatable bonds is 9. The average Bonchev–Trinajstić information content (AvgIpc) is 2.63. The third-order valence-corrected chi connectivity index (χ3v) is 3.05. The van der Waals surface area contributed by atoms with Crippen LogP contribution in [0, 0.1) is 5.92 Å². The van der Waals surface area contributed by atoms with E-state index in [0.29, 0.717) is 0 Å². The molecule has 2 nitrogen and oxygen atoms in total. The van der Waals surface area contributed by atoms with E-state index >= 15 is 0 Å². The van der Waals surface area contributed by atoms with Crippen molar-refractivity contribution in [1.82, 2.24) is 10.2 Å². The van der Waals surface area contributed by atoms with Gasteiger partial charge in [-0.3, -0.25) is 0 Å².